The number of nitrogens with zero attached hydrogens (tertiary/aromatic N) is 2. The molecular weight excluding hydrogens is 183 g/mol. The summed E-state index contributed by atoms with van der Waals surface area (Å²) >= 11 is 0. The van der Waals surface area contributed by atoms with Crippen LogP contribution in [-0.2, 0) is 0 Å². The van der Waals surface area contributed by atoms with Gasteiger partial charge in [-0.05, 0) is 24.3 Å². The summed E-state index contributed by atoms with van der Waals surface area (Å²) in [5, 5.41) is 0. The smallest absolute Gasteiger partial charge is 0.266 e. The predicted octanol–water partition coefficient (Wildman–Crippen LogP) is 1.37. The average Bonchev–Trinajstić information content (AvgIpc) is 2.23. The van der Waals surface area contributed by atoms with Gasteiger partial charge in [-0.25, -0.2) is 9.37 Å². The van der Waals surface area contributed by atoms with Gasteiger partial charge in [0, 0.05) is 12.4 Å². The lowest BCUT2D eigenvalue weighted by Crippen LogP contribution is -2.20. The van der Waals surface area contributed by atoms with Gasteiger partial charge < -0.3 is 0 Å². The van der Waals surface area contributed by atoms with Crippen molar-refractivity contribution in [3.05, 3.63) is 58.9 Å². The molecule has 2 aromatic rings. The standard InChI is InChI=1S/C10H7FN2O/c11-8-4-3-7-13(10(8)14)9-5-1-2-6-12-9/h1-7H. The number of rotatable bonds is 1. The number of hydrogen-bond acceptors (Lipinski definition) is 2. The average molecular weight is 190 g/mol. The summed E-state index contributed by atoms with van der Waals surface area (Å²) in [4.78, 5) is 15.3. The number of pyridine rings is 2. The van der Waals surface area contributed by atoms with E-state index in [4.69, 9.17) is 0 Å². The van der Waals surface area contributed by atoms with Crippen LogP contribution in [0.15, 0.2) is 47.5 Å². The minimum absolute atomic E-state index is 0.414. The summed E-state index contributed by atoms with van der Waals surface area (Å²) in [6, 6.07) is 7.70. The third kappa shape index (κ3) is 1.42. The Bertz CT molecular complexity index is 493. The molecule has 0 aromatic carbocycles. The molecule has 4 heteroatoms. The second kappa shape index (κ2) is 3.41. The van der Waals surface area contributed by atoms with Crippen molar-refractivity contribution in [1.29, 1.82) is 0 Å². The molecule has 0 unspecified atom stereocenters. The van der Waals surface area contributed by atoms with Crippen LogP contribution < -0.4 is 5.56 Å². The van der Waals surface area contributed by atoms with Crippen molar-refractivity contribution >= 4 is 0 Å². The van der Waals surface area contributed by atoms with Crippen molar-refractivity contribution in [1.82, 2.24) is 9.55 Å². The maximum absolute atomic E-state index is 12.9. The molecule has 0 aliphatic rings. The first-order valence-corrected chi connectivity index (χ1v) is 4.07. The maximum Gasteiger partial charge on any atom is 0.292 e. The fourth-order valence-electron chi connectivity index (χ4n) is 1.14. The zero-order valence-corrected chi connectivity index (χ0v) is 7.22. The van der Waals surface area contributed by atoms with Crippen molar-refractivity contribution < 1.29 is 4.39 Å². The monoisotopic (exact) mass is 190 g/mol. The van der Waals surface area contributed by atoms with Gasteiger partial charge in [-0.3, -0.25) is 9.36 Å². The molecule has 0 bridgehead atoms. The van der Waals surface area contributed by atoms with Crippen LogP contribution in [0.1, 0.15) is 0 Å². The van der Waals surface area contributed by atoms with Crippen molar-refractivity contribution in [2.24, 2.45) is 0 Å². The molecule has 0 atom stereocenters. The van der Waals surface area contributed by atoms with Crippen LogP contribution >= 0.6 is 0 Å². The Balaban J connectivity index is 2.64. The largest absolute Gasteiger partial charge is 0.292 e. The zero-order valence-electron chi connectivity index (χ0n) is 7.22. The molecule has 0 aliphatic heterocycles. The Kier molecular flexibility index (Phi) is 2.10. The molecule has 0 fully saturated rings. The first kappa shape index (κ1) is 8.62. The minimum Gasteiger partial charge on any atom is -0.266 e. The predicted molar refractivity (Wildman–Crippen MR) is 49.8 cm³/mol. The summed E-state index contributed by atoms with van der Waals surface area (Å²) in [7, 11) is 0. The molecule has 70 valence electrons. The SMILES string of the molecule is O=c1c(F)cccn1-c1ccccn1. The molecule has 14 heavy (non-hydrogen) atoms. The highest BCUT2D eigenvalue weighted by Gasteiger charge is 2.03. The van der Waals surface area contributed by atoms with Crippen molar-refractivity contribution in [3.63, 3.8) is 0 Å². The van der Waals surface area contributed by atoms with Crippen LogP contribution in [-0.4, -0.2) is 9.55 Å². The van der Waals surface area contributed by atoms with Crippen molar-refractivity contribution in [3.8, 4) is 5.82 Å². The summed E-state index contributed by atoms with van der Waals surface area (Å²) in [5.74, 6) is -0.366. The normalized spacial score (nSPS) is 10.1. The van der Waals surface area contributed by atoms with Gasteiger partial charge in [0.15, 0.2) is 5.82 Å². The van der Waals surface area contributed by atoms with Crippen LogP contribution in [0.2, 0.25) is 0 Å². The molecule has 0 spiro atoms. The number of halogens is 1. The third-order valence-electron chi connectivity index (χ3n) is 1.80. The topological polar surface area (TPSA) is 34.9 Å². The van der Waals surface area contributed by atoms with Gasteiger partial charge in [-0.2, -0.15) is 0 Å². The van der Waals surface area contributed by atoms with Crippen LogP contribution in [0.3, 0.4) is 0 Å². The number of aromatic nitrogens is 2. The highest BCUT2D eigenvalue weighted by atomic mass is 19.1. The highest BCUT2D eigenvalue weighted by molar-refractivity contribution is 5.22. The molecule has 0 saturated heterocycles. The molecule has 0 amide bonds. The molecule has 2 heterocycles. The van der Waals surface area contributed by atoms with E-state index in [1.54, 1.807) is 24.4 Å². The highest BCUT2D eigenvalue weighted by Crippen LogP contribution is 1.99. The molecule has 2 aromatic heterocycles. The lowest BCUT2D eigenvalue weighted by Gasteiger charge is -2.02. The molecule has 0 N–H and O–H groups in total. The van der Waals surface area contributed by atoms with E-state index in [1.807, 2.05) is 0 Å². The first-order chi connectivity index (χ1) is 6.79. The molecule has 2 rings (SSSR count). The maximum atomic E-state index is 12.9. The lowest BCUT2D eigenvalue weighted by molar-refractivity contribution is 0.598. The number of hydrogen-bond donors (Lipinski definition) is 0. The quantitative estimate of drug-likeness (QED) is 0.680. The second-order valence-electron chi connectivity index (χ2n) is 2.72. The van der Waals surface area contributed by atoms with Crippen LogP contribution in [0.25, 0.3) is 5.82 Å². The van der Waals surface area contributed by atoms with E-state index in [0.717, 1.165) is 10.6 Å². The van der Waals surface area contributed by atoms with Gasteiger partial charge in [0.1, 0.15) is 5.82 Å². The fourth-order valence-corrected chi connectivity index (χ4v) is 1.14. The zero-order chi connectivity index (χ0) is 9.97. The van der Waals surface area contributed by atoms with E-state index in [2.05, 4.69) is 4.98 Å². The van der Waals surface area contributed by atoms with Gasteiger partial charge in [-0.1, -0.05) is 6.07 Å². The Labute approximate surface area is 79.5 Å². The molecule has 0 saturated carbocycles. The molecule has 0 aliphatic carbocycles. The van der Waals surface area contributed by atoms with Gasteiger partial charge in [0.05, 0.1) is 0 Å². The van der Waals surface area contributed by atoms with E-state index >= 15 is 0 Å². The lowest BCUT2D eigenvalue weighted by atomic mass is 10.4. The van der Waals surface area contributed by atoms with Crippen LogP contribution in [0.4, 0.5) is 4.39 Å². The minimum atomic E-state index is -0.779. The Morgan fingerprint density at radius 1 is 1.21 bits per heavy atom. The van der Waals surface area contributed by atoms with E-state index in [1.165, 1.54) is 12.3 Å². The Morgan fingerprint density at radius 2 is 2.07 bits per heavy atom. The van der Waals surface area contributed by atoms with E-state index < -0.39 is 11.4 Å². The van der Waals surface area contributed by atoms with Crippen LogP contribution in [0.5, 0.6) is 0 Å². The third-order valence-corrected chi connectivity index (χ3v) is 1.80. The Hall–Kier alpha value is -1.97. The van der Waals surface area contributed by atoms with Crippen molar-refractivity contribution in [2.45, 2.75) is 0 Å². The van der Waals surface area contributed by atoms with Gasteiger partial charge in [-0.15, -0.1) is 0 Å². The molecule has 3 nitrogen and oxygen atoms in total. The summed E-state index contributed by atoms with van der Waals surface area (Å²) in [5.41, 5.74) is -0.689. The first-order valence-electron chi connectivity index (χ1n) is 4.07. The fraction of sp³-hybridized carbons (Fsp3) is 0. The van der Waals surface area contributed by atoms with E-state index in [9.17, 15) is 9.18 Å². The summed E-state index contributed by atoms with van der Waals surface area (Å²) in [6.07, 6.45) is 3.03. The van der Waals surface area contributed by atoms with Crippen molar-refractivity contribution in [2.75, 3.05) is 0 Å². The van der Waals surface area contributed by atoms with Gasteiger partial charge in [0.25, 0.3) is 5.56 Å². The summed E-state index contributed by atoms with van der Waals surface area (Å²) in [6.45, 7) is 0. The van der Waals surface area contributed by atoms with E-state index in [-0.39, 0.29) is 0 Å². The molecular formula is C10H7FN2O. The van der Waals surface area contributed by atoms with Gasteiger partial charge in [0.2, 0.25) is 0 Å². The van der Waals surface area contributed by atoms with Gasteiger partial charge >= 0.3 is 0 Å². The van der Waals surface area contributed by atoms with E-state index in [0.29, 0.717) is 5.82 Å². The molecule has 0 radical (unpaired) electrons. The summed E-state index contributed by atoms with van der Waals surface area (Å²) < 4.78 is 14.1. The van der Waals surface area contributed by atoms with Crippen LogP contribution in [0, 0.1) is 5.82 Å². The second-order valence-corrected chi connectivity index (χ2v) is 2.72. The Morgan fingerprint density at radius 3 is 2.79 bits per heavy atom.